The number of carbonyl (C=O) groups is 1. The first-order valence-electron chi connectivity index (χ1n) is 11.3. The lowest BCUT2D eigenvalue weighted by Crippen LogP contribution is -2.16. The standard InChI is InChI=1S/C23H23FN8OS/c1-12(2)32-11-26-30-21(32)23-29-19(10-34-23)28-22(33)15-6-18-14(5-16(15)24)7-25-8-20-27-17(9-31(18)20)13-3-4-13/h5-6,9-13,25H,3-4,7-8H2,1-2H3,(H,28,33). The van der Waals surface area contributed by atoms with Gasteiger partial charge in [-0.25, -0.2) is 14.4 Å². The van der Waals surface area contributed by atoms with Gasteiger partial charge in [-0.3, -0.25) is 4.79 Å². The molecule has 174 valence electrons. The van der Waals surface area contributed by atoms with Crippen LogP contribution in [0.25, 0.3) is 16.5 Å². The van der Waals surface area contributed by atoms with Crippen LogP contribution >= 0.6 is 11.3 Å². The molecule has 11 heteroatoms. The number of thiazole rings is 1. The molecule has 2 aliphatic rings. The number of fused-ring (bicyclic) bond motifs is 3. The molecule has 1 saturated carbocycles. The summed E-state index contributed by atoms with van der Waals surface area (Å²) in [5.74, 6) is 1.23. The van der Waals surface area contributed by atoms with E-state index in [2.05, 4.69) is 25.8 Å². The van der Waals surface area contributed by atoms with E-state index in [0.717, 1.165) is 35.6 Å². The third-order valence-corrected chi connectivity index (χ3v) is 6.97. The molecule has 34 heavy (non-hydrogen) atoms. The van der Waals surface area contributed by atoms with Crippen molar-refractivity contribution in [3.8, 4) is 16.5 Å². The lowest BCUT2D eigenvalue weighted by atomic mass is 10.1. The molecular weight excluding hydrogens is 455 g/mol. The number of nitrogens with one attached hydrogen (secondary N) is 2. The molecular formula is C23H23FN8OS. The smallest absolute Gasteiger partial charge is 0.259 e. The Morgan fingerprint density at radius 1 is 1.26 bits per heavy atom. The van der Waals surface area contributed by atoms with Crippen LogP contribution in [-0.4, -0.2) is 35.2 Å². The highest BCUT2D eigenvalue weighted by molar-refractivity contribution is 7.13. The van der Waals surface area contributed by atoms with Gasteiger partial charge in [0, 0.05) is 30.1 Å². The number of benzene rings is 1. The fraction of sp³-hybridized carbons (Fsp3) is 0.348. The van der Waals surface area contributed by atoms with Gasteiger partial charge in [0.05, 0.1) is 23.5 Å². The summed E-state index contributed by atoms with van der Waals surface area (Å²) in [7, 11) is 0. The van der Waals surface area contributed by atoms with Crippen molar-refractivity contribution in [2.75, 3.05) is 5.32 Å². The SMILES string of the molecule is CC(C)n1cnnc1-c1nc(NC(=O)c2cc3c(cc2F)CNCc2nc(C4CC4)cn2-3)cs1. The summed E-state index contributed by atoms with van der Waals surface area (Å²) in [4.78, 5) is 22.3. The number of anilines is 1. The van der Waals surface area contributed by atoms with Crippen LogP contribution in [0.15, 0.2) is 30.0 Å². The summed E-state index contributed by atoms with van der Waals surface area (Å²) < 4.78 is 18.9. The third-order valence-electron chi connectivity index (χ3n) is 6.13. The highest BCUT2D eigenvalue weighted by Crippen LogP contribution is 2.40. The molecule has 4 heterocycles. The van der Waals surface area contributed by atoms with Crippen molar-refractivity contribution in [2.45, 2.75) is 51.7 Å². The van der Waals surface area contributed by atoms with Crippen LogP contribution in [0.5, 0.6) is 0 Å². The molecule has 3 aromatic heterocycles. The van der Waals surface area contributed by atoms with Crippen LogP contribution in [0.1, 0.15) is 66.1 Å². The third kappa shape index (κ3) is 3.70. The summed E-state index contributed by atoms with van der Waals surface area (Å²) in [5.41, 5.74) is 2.59. The van der Waals surface area contributed by atoms with Crippen LogP contribution < -0.4 is 10.6 Å². The molecule has 9 nitrogen and oxygen atoms in total. The highest BCUT2D eigenvalue weighted by atomic mass is 32.1. The Morgan fingerprint density at radius 2 is 2.12 bits per heavy atom. The summed E-state index contributed by atoms with van der Waals surface area (Å²) in [6, 6.07) is 3.21. The lowest BCUT2D eigenvalue weighted by Gasteiger charge is -2.12. The van der Waals surface area contributed by atoms with E-state index in [4.69, 9.17) is 4.98 Å². The van der Waals surface area contributed by atoms with Crippen molar-refractivity contribution in [1.82, 2.24) is 34.6 Å². The van der Waals surface area contributed by atoms with Gasteiger partial charge in [-0.15, -0.1) is 21.5 Å². The topological polar surface area (TPSA) is 103 Å². The van der Waals surface area contributed by atoms with Gasteiger partial charge in [0.15, 0.2) is 10.8 Å². The van der Waals surface area contributed by atoms with E-state index < -0.39 is 11.7 Å². The maximum absolute atomic E-state index is 15.0. The van der Waals surface area contributed by atoms with Crippen molar-refractivity contribution in [1.29, 1.82) is 0 Å². The molecule has 1 aliphatic heterocycles. The average molecular weight is 479 g/mol. The zero-order valence-corrected chi connectivity index (χ0v) is 19.6. The maximum atomic E-state index is 15.0. The van der Waals surface area contributed by atoms with Crippen LogP contribution in [0.4, 0.5) is 10.2 Å². The molecule has 0 unspecified atom stereocenters. The number of nitrogens with zero attached hydrogens (tertiary/aromatic N) is 6. The van der Waals surface area contributed by atoms with Gasteiger partial charge < -0.3 is 19.8 Å². The van der Waals surface area contributed by atoms with Gasteiger partial charge >= 0.3 is 0 Å². The van der Waals surface area contributed by atoms with E-state index in [-0.39, 0.29) is 11.6 Å². The first-order valence-corrected chi connectivity index (χ1v) is 12.1. The summed E-state index contributed by atoms with van der Waals surface area (Å²) in [6.45, 7) is 5.15. The molecule has 0 atom stereocenters. The fourth-order valence-electron chi connectivity index (χ4n) is 4.19. The Bertz CT molecular complexity index is 1400. The zero-order chi connectivity index (χ0) is 23.4. The number of imidazole rings is 1. The molecule has 2 N–H and O–H groups in total. The van der Waals surface area contributed by atoms with E-state index in [1.54, 1.807) is 17.8 Å². The fourth-order valence-corrected chi connectivity index (χ4v) is 4.93. The quantitative estimate of drug-likeness (QED) is 0.449. The molecule has 1 fully saturated rings. The lowest BCUT2D eigenvalue weighted by molar-refractivity contribution is 0.102. The van der Waals surface area contributed by atoms with Gasteiger partial charge in [0.2, 0.25) is 0 Å². The van der Waals surface area contributed by atoms with Gasteiger partial charge in [-0.1, -0.05) is 0 Å². The molecule has 6 rings (SSSR count). The van der Waals surface area contributed by atoms with Crippen LogP contribution in [0.3, 0.4) is 0 Å². The van der Waals surface area contributed by atoms with Crippen LogP contribution in [-0.2, 0) is 13.1 Å². The minimum Gasteiger partial charge on any atom is -0.309 e. The Hall–Kier alpha value is -3.44. The minimum absolute atomic E-state index is 0.0341. The van der Waals surface area contributed by atoms with E-state index in [0.29, 0.717) is 35.7 Å². The summed E-state index contributed by atoms with van der Waals surface area (Å²) >= 11 is 1.34. The number of hydrogen-bond acceptors (Lipinski definition) is 7. The average Bonchev–Trinajstić information content (AvgIpc) is 3.20. The zero-order valence-electron chi connectivity index (χ0n) is 18.7. The molecule has 0 spiro atoms. The first-order chi connectivity index (χ1) is 16.5. The number of amides is 1. The normalized spacial score (nSPS) is 15.2. The minimum atomic E-state index is -0.570. The molecule has 0 bridgehead atoms. The molecule has 1 aromatic carbocycles. The predicted octanol–water partition coefficient (Wildman–Crippen LogP) is 4.04. The Labute approximate surface area is 199 Å². The van der Waals surface area contributed by atoms with E-state index >= 15 is 4.39 Å². The summed E-state index contributed by atoms with van der Waals surface area (Å²) in [6.07, 6.45) is 5.97. The van der Waals surface area contributed by atoms with Crippen molar-refractivity contribution in [3.05, 3.63) is 58.5 Å². The number of aromatic nitrogens is 6. The largest absolute Gasteiger partial charge is 0.309 e. The van der Waals surface area contributed by atoms with Crippen molar-refractivity contribution >= 4 is 23.1 Å². The first kappa shape index (κ1) is 21.1. The van der Waals surface area contributed by atoms with Gasteiger partial charge in [0.1, 0.15) is 23.8 Å². The molecule has 0 radical (unpaired) electrons. The second kappa shape index (κ2) is 8.10. The van der Waals surface area contributed by atoms with E-state index in [1.807, 2.05) is 29.2 Å². The number of hydrogen-bond donors (Lipinski definition) is 2. The van der Waals surface area contributed by atoms with Gasteiger partial charge in [-0.2, -0.15) is 0 Å². The van der Waals surface area contributed by atoms with Crippen molar-refractivity contribution in [3.63, 3.8) is 0 Å². The highest BCUT2D eigenvalue weighted by Gasteiger charge is 2.29. The van der Waals surface area contributed by atoms with E-state index in [9.17, 15) is 4.79 Å². The molecule has 4 aromatic rings. The number of rotatable bonds is 5. The summed E-state index contributed by atoms with van der Waals surface area (Å²) in [5, 5.41) is 16.5. The Morgan fingerprint density at radius 3 is 2.91 bits per heavy atom. The number of halogens is 1. The monoisotopic (exact) mass is 478 g/mol. The Balaban J connectivity index is 1.30. The molecule has 1 aliphatic carbocycles. The predicted molar refractivity (Wildman–Crippen MR) is 126 cm³/mol. The molecule has 0 saturated heterocycles. The van der Waals surface area contributed by atoms with Gasteiger partial charge in [-0.05, 0) is 44.4 Å². The van der Waals surface area contributed by atoms with Crippen LogP contribution in [0, 0.1) is 5.82 Å². The molecule has 1 amide bonds. The van der Waals surface area contributed by atoms with Crippen molar-refractivity contribution < 1.29 is 9.18 Å². The van der Waals surface area contributed by atoms with Crippen LogP contribution in [0.2, 0.25) is 0 Å². The Kier molecular flexibility index (Phi) is 5.03. The second-order valence-electron chi connectivity index (χ2n) is 8.94. The van der Waals surface area contributed by atoms with Gasteiger partial charge in [0.25, 0.3) is 5.91 Å². The second-order valence-corrected chi connectivity index (χ2v) is 9.80. The van der Waals surface area contributed by atoms with E-state index in [1.165, 1.54) is 17.4 Å². The van der Waals surface area contributed by atoms with Crippen molar-refractivity contribution in [2.24, 2.45) is 0 Å². The maximum Gasteiger partial charge on any atom is 0.259 e. The number of carbonyl (C=O) groups excluding carboxylic acids is 1.